The van der Waals surface area contributed by atoms with Gasteiger partial charge in [0.25, 0.3) is 0 Å². The van der Waals surface area contributed by atoms with Gasteiger partial charge in [-0.3, -0.25) is 0 Å². The fraction of sp³-hybridized carbons (Fsp3) is 0.606. The molecule has 1 saturated carbocycles. The number of ether oxygens (including phenoxy) is 5. The zero-order valence-electron chi connectivity index (χ0n) is 25.7. The van der Waals surface area contributed by atoms with Crippen molar-refractivity contribution in [1.29, 1.82) is 0 Å². The van der Waals surface area contributed by atoms with Crippen LogP contribution in [0.5, 0.6) is 11.5 Å². The molecule has 0 N–H and O–H groups in total. The third-order valence-electron chi connectivity index (χ3n) is 8.17. The molecule has 1 fully saturated rings. The number of nitrogens with zero attached hydrogens (tertiary/aromatic N) is 2. The Kier molecular flexibility index (Phi) is 10.8. The van der Waals surface area contributed by atoms with Gasteiger partial charge in [0.15, 0.2) is 0 Å². The van der Waals surface area contributed by atoms with Crippen molar-refractivity contribution < 1.29 is 28.5 Å². The predicted octanol–water partition coefficient (Wildman–Crippen LogP) is 6.27. The molecule has 1 aliphatic heterocycles. The Labute approximate surface area is 245 Å². The fourth-order valence-corrected chi connectivity index (χ4v) is 6.12. The van der Waals surface area contributed by atoms with Crippen LogP contribution >= 0.6 is 0 Å². The van der Waals surface area contributed by atoms with Gasteiger partial charge >= 0.3 is 6.09 Å². The zero-order chi connectivity index (χ0) is 29.4. The highest BCUT2D eigenvalue weighted by Crippen LogP contribution is 2.42. The molecular weight excluding hydrogens is 520 g/mol. The Morgan fingerprint density at radius 2 is 1.88 bits per heavy atom. The normalized spacial score (nSPS) is 20.6. The summed E-state index contributed by atoms with van der Waals surface area (Å²) in [5.74, 6) is 2.45. The summed E-state index contributed by atoms with van der Waals surface area (Å²) in [4.78, 5) is 16.1. The molecule has 2 aliphatic rings. The number of methoxy groups -OCH3 is 2. The van der Waals surface area contributed by atoms with Crippen LogP contribution in [0.4, 0.5) is 10.5 Å². The van der Waals surface area contributed by atoms with Crippen molar-refractivity contribution in [3.8, 4) is 11.5 Å². The van der Waals surface area contributed by atoms with Crippen molar-refractivity contribution >= 4 is 11.8 Å². The molecular formula is C33H48N2O6. The van der Waals surface area contributed by atoms with Gasteiger partial charge in [0.2, 0.25) is 0 Å². The third-order valence-corrected chi connectivity index (χ3v) is 8.17. The molecule has 0 unspecified atom stereocenters. The number of amides is 1. The highest BCUT2D eigenvalue weighted by atomic mass is 16.6. The van der Waals surface area contributed by atoms with Crippen LogP contribution in [0.15, 0.2) is 42.5 Å². The van der Waals surface area contributed by atoms with Gasteiger partial charge in [-0.25, -0.2) is 4.79 Å². The molecule has 1 heterocycles. The summed E-state index contributed by atoms with van der Waals surface area (Å²) >= 11 is 0. The van der Waals surface area contributed by atoms with E-state index in [1.807, 2.05) is 26.0 Å². The molecule has 2 aromatic carbocycles. The molecule has 1 aliphatic carbocycles. The van der Waals surface area contributed by atoms with E-state index in [0.29, 0.717) is 19.1 Å². The van der Waals surface area contributed by atoms with Gasteiger partial charge in [-0.15, -0.1) is 0 Å². The summed E-state index contributed by atoms with van der Waals surface area (Å²) in [7, 11) is 6.87. The van der Waals surface area contributed by atoms with Crippen LogP contribution in [0.1, 0.15) is 63.0 Å². The van der Waals surface area contributed by atoms with Crippen molar-refractivity contribution in [2.75, 3.05) is 59.5 Å². The van der Waals surface area contributed by atoms with Gasteiger partial charge in [0.1, 0.15) is 23.7 Å². The van der Waals surface area contributed by atoms with E-state index in [4.69, 9.17) is 23.7 Å². The Bertz CT molecular complexity index is 1120. The SMILES string of the molecule is COCCCN1CCOc2ccc(CO[C@H]3CC[C@H](CC(C)(C)OC(=O)N(C)C)C[C@@H]3c3ccc(OC)cc3)cc21. The minimum Gasteiger partial charge on any atom is -0.497 e. The van der Waals surface area contributed by atoms with Crippen LogP contribution in [0, 0.1) is 5.92 Å². The number of hydrogen-bond donors (Lipinski definition) is 0. The number of benzene rings is 2. The van der Waals surface area contributed by atoms with Gasteiger partial charge in [-0.1, -0.05) is 18.2 Å². The van der Waals surface area contributed by atoms with E-state index in [1.54, 1.807) is 28.3 Å². The zero-order valence-corrected chi connectivity index (χ0v) is 25.7. The number of rotatable bonds is 12. The molecule has 0 saturated heterocycles. The quantitative estimate of drug-likeness (QED) is 0.280. The largest absolute Gasteiger partial charge is 0.497 e. The van der Waals surface area contributed by atoms with Crippen LogP contribution in [-0.4, -0.2) is 77.3 Å². The van der Waals surface area contributed by atoms with Gasteiger partial charge in [-0.2, -0.15) is 0 Å². The molecule has 41 heavy (non-hydrogen) atoms. The summed E-state index contributed by atoms with van der Waals surface area (Å²) in [6, 6.07) is 14.8. The topological polar surface area (TPSA) is 69.7 Å². The van der Waals surface area contributed by atoms with Gasteiger partial charge in [0.05, 0.1) is 32.1 Å². The maximum Gasteiger partial charge on any atom is 0.409 e. The minimum absolute atomic E-state index is 0.0946. The molecule has 0 radical (unpaired) electrons. The Balaban J connectivity index is 1.46. The molecule has 226 valence electrons. The monoisotopic (exact) mass is 568 g/mol. The van der Waals surface area contributed by atoms with Gasteiger partial charge < -0.3 is 33.5 Å². The fourth-order valence-electron chi connectivity index (χ4n) is 6.12. The van der Waals surface area contributed by atoms with E-state index in [1.165, 1.54) is 10.5 Å². The molecule has 8 heteroatoms. The Morgan fingerprint density at radius 3 is 2.59 bits per heavy atom. The Morgan fingerprint density at radius 1 is 1.10 bits per heavy atom. The summed E-state index contributed by atoms with van der Waals surface area (Å²) in [6.07, 6.45) is 4.56. The lowest BCUT2D eigenvalue weighted by Gasteiger charge is -2.39. The maximum absolute atomic E-state index is 12.2. The second kappa shape index (κ2) is 14.3. The molecule has 0 aromatic heterocycles. The Hall–Kier alpha value is -2.97. The van der Waals surface area contributed by atoms with E-state index >= 15 is 0 Å². The molecule has 1 amide bonds. The average Bonchev–Trinajstić information content (AvgIpc) is 2.96. The van der Waals surface area contributed by atoms with Crippen molar-refractivity contribution in [1.82, 2.24) is 4.90 Å². The lowest BCUT2D eigenvalue weighted by atomic mass is 9.73. The predicted molar refractivity (Wildman–Crippen MR) is 161 cm³/mol. The number of hydrogen-bond acceptors (Lipinski definition) is 7. The lowest BCUT2D eigenvalue weighted by molar-refractivity contribution is -0.0301. The van der Waals surface area contributed by atoms with Crippen molar-refractivity contribution in [2.45, 2.75) is 70.2 Å². The number of carbonyl (C=O) groups excluding carboxylic acids is 1. The molecule has 0 bridgehead atoms. The van der Waals surface area contributed by atoms with Crippen molar-refractivity contribution in [2.24, 2.45) is 5.92 Å². The molecule has 3 atom stereocenters. The first-order valence-corrected chi connectivity index (χ1v) is 14.8. The second-order valence-corrected chi connectivity index (χ2v) is 12.1. The van der Waals surface area contributed by atoms with E-state index in [-0.39, 0.29) is 18.1 Å². The molecule has 0 spiro atoms. The summed E-state index contributed by atoms with van der Waals surface area (Å²) in [5.41, 5.74) is 3.01. The van der Waals surface area contributed by atoms with Crippen molar-refractivity contribution in [3.05, 3.63) is 53.6 Å². The van der Waals surface area contributed by atoms with E-state index < -0.39 is 5.60 Å². The van der Waals surface area contributed by atoms with Crippen LogP contribution in [0.3, 0.4) is 0 Å². The highest BCUT2D eigenvalue weighted by Gasteiger charge is 2.36. The lowest BCUT2D eigenvalue weighted by Crippen LogP contribution is -2.38. The molecule has 2 aromatic rings. The smallest absolute Gasteiger partial charge is 0.409 e. The second-order valence-electron chi connectivity index (χ2n) is 12.1. The van der Waals surface area contributed by atoms with E-state index in [0.717, 1.165) is 74.6 Å². The van der Waals surface area contributed by atoms with E-state index in [9.17, 15) is 4.79 Å². The summed E-state index contributed by atoms with van der Waals surface area (Å²) in [5, 5.41) is 0. The first kappa shape index (κ1) is 31.0. The van der Waals surface area contributed by atoms with Crippen LogP contribution in [-0.2, 0) is 20.8 Å². The number of carbonyl (C=O) groups is 1. The summed E-state index contributed by atoms with van der Waals surface area (Å²) in [6.45, 7) is 7.85. The highest BCUT2D eigenvalue weighted by molar-refractivity contribution is 5.67. The van der Waals surface area contributed by atoms with Crippen LogP contribution in [0.25, 0.3) is 0 Å². The standard InChI is InChI=1S/C33H48N2O6/c1-33(2,41-32(36)34(3)4)22-24-8-14-30(28(20-24)26-10-12-27(38-6)13-11-26)40-23-25-9-15-31-29(21-25)35(17-19-39-31)16-7-18-37-5/h9-13,15,21,24,28,30H,7-8,14,16-20,22-23H2,1-6H3/t24-,28+,30-/m0/s1. The number of fused-ring (bicyclic) bond motifs is 1. The van der Waals surface area contributed by atoms with Crippen molar-refractivity contribution in [3.63, 3.8) is 0 Å². The first-order valence-electron chi connectivity index (χ1n) is 14.8. The van der Waals surface area contributed by atoms with Crippen LogP contribution in [0.2, 0.25) is 0 Å². The minimum atomic E-state index is -0.537. The maximum atomic E-state index is 12.2. The van der Waals surface area contributed by atoms with Crippen LogP contribution < -0.4 is 14.4 Å². The average molecular weight is 569 g/mol. The number of anilines is 1. The van der Waals surface area contributed by atoms with Gasteiger partial charge in [0, 0.05) is 40.3 Å². The molecule has 4 rings (SSSR count). The molecule has 8 nitrogen and oxygen atoms in total. The third kappa shape index (κ3) is 8.52. The van der Waals surface area contributed by atoms with E-state index in [2.05, 4.69) is 35.2 Å². The summed E-state index contributed by atoms with van der Waals surface area (Å²) < 4.78 is 29.1. The first-order chi connectivity index (χ1) is 19.7. The van der Waals surface area contributed by atoms with Gasteiger partial charge in [-0.05, 0) is 87.3 Å².